The second kappa shape index (κ2) is 24.2. The first-order valence-corrected chi connectivity index (χ1v) is 17.8. The van der Waals surface area contributed by atoms with Crippen molar-refractivity contribution in [1.29, 1.82) is 0 Å². The molecule has 2 rings (SSSR count). The number of fused-ring (bicyclic) bond motifs is 2. The summed E-state index contributed by atoms with van der Waals surface area (Å²) in [6.45, 7) is 12.7. The van der Waals surface area contributed by atoms with E-state index in [9.17, 15) is 0 Å². The van der Waals surface area contributed by atoms with Gasteiger partial charge in [0.15, 0.2) is 0 Å². The van der Waals surface area contributed by atoms with E-state index >= 15 is 0 Å². The molecule has 238 valence electrons. The van der Waals surface area contributed by atoms with E-state index in [-0.39, 0.29) is 0 Å². The van der Waals surface area contributed by atoms with E-state index in [0.717, 1.165) is 37.7 Å². The van der Waals surface area contributed by atoms with Crippen molar-refractivity contribution in [2.75, 3.05) is 26.2 Å². The summed E-state index contributed by atoms with van der Waals surface area (Å²) in [6.07, 6.45) is 26.0. The van der Waals surface area contributed by atoms with E-state index in [4.69, 9.17) is 14.2 Å². The van der Waals surface area contributed by atoms with Crippen LogP contribution in [0, 0.1) is 0 Å². The third kappa shape index (κ3) is 16.2. The Morgan fingerprint density at radius 3 is 1.17 bits per heavy atom. The van der Waals surface area contributed by atoms with Gasteiger partial charge in [-0.1, -0.05) is 149 Å². The SMILES string of the molecule is CCCCCCCCCCCCN(CC)C1Oc2cccc(c2)OC(N(CC)CCCCCCCCCCCC)O1. The molecule has 41 heavy (non-hydrogen) atoms. The fourth-order valence-electron chi connectivity index (χ4n) is 5.76. The lowest BCUT2D eigenvalue weighted by Gasteiger charge is -2.38. The zero-order chi connectivity index (χ0) is 29.4. The predicted molar refractivity (Wildman–Crippen MR) is 175 cm³/mol. The molecule has 2 atom stereocenters. The first kappa shape index (κ1) is 35.9. The number of ether oxygens (including phenoxy) is 3. The van der Waals surface area contributed by atoms with E-state index in [1.54, 1.807) is 0 Å². The van der Waals surface area contributed by atoms with Crippen LogP contribution in [0.3, 0.4) is 0 Å². The number of hydrogen-bond donors (Lipinski definition) is 0. The third-order valence-corrected chi connectivity index (χ3v) is 8.52. The third-order valence-electron chi connectivity index (χ3n) is 8.52. The topological polar surface area (TPSA) is 34.2 Å². The highest BCUT2D eigenvalue weighted by Crippen LogP contribution is 2.27. The molecular formula is C36H66N2O3. The van der Waals surface area contributed by atoms with Crippen LogP contribution in [0.2, 0.25) is 0 Å². The maximum Gasteiger partial charge on any atom is 0.266 e. The van der Waals surface area contributed by atoms with Crippen molar-refractivity contribution in [3.05, 3.63) is 24.3 Å². The summed E-state index contributed by atoms with van der Waals surface area (Å²) in [4.78, 5) is 4.65. The molecule has 2 unspecified atom stereocenters. The van der Waals surface area contributed by atoms with Gasteiger partial charge in [-0.05, 0) is 25.0 Å². The van der Waals surface area contributed by atoms with Crippen molar-refractivity contribution >= 4 is 0 Å². The van der Waals surface area contributed by atoms with Crippen LogP contribution in [0.4, 0.5) is 0 Å². The highest BCUT2D eigenvalue weighted by Gasteiger charge is 2.30. The summed E-state index contributed by atoms with van der Waals surface area (Å²) < 4.78 is 19.4. The number of hydrogen-bond acceptors (Lipinski definition) is 5. The lowest BCUT2D eigenvalue weighted by molar-refractivity contribution is -0.288. The van der Waals surface area contributed by atoms with Gasteiger partial charge in [-0.3, -0.25) is 4.74 Å². The van der Waals surface area contributed by atoms with E-state index in [0.29, 0.717) is 0 Å². The highest BCUT2D eigenvalue weighted by atomic mass is 16.8. The molecule has 5 nitrogen and oxygen atoms in total. The molecular weight excluding hydrogens is 508 g/mol. The van der Waals surface area contributed by atoms with Gasteiger partial charge in [0.25, 0.3) is 12.8 Å². The highest BCUT2D eigenvalue weighted by molar-refractivity contribution is 5.33. The minimum Gasteiger partial charge on any atom is -0.451 e. The zero-order valence-corrected chi connectivity index (χ0v) is 27.6. The second-order valence-electron chi connectivity index (χ2n) is 12.1. The van der Waals surface area contributed by atoms with Crippen molar-refractivity contribution in [2.24, 2.45) is 0 Å². The number of nitrogens with zero attached hydrogens (tertiary/aromatic N) is 2. The van der Waals surface area contributed by atoms with Gasteiger partial charge in [-0.2, -0.15) is 0 Å². The Balaban J connectivity index is 1.79. The van der Waals surface area contributed by atoms with Crippen LogP contribution in [0.1, 0.15) is 156 Å². The fourth-order valence-corrected chi connectivity index (χ4v) is 5.76. The predicted octanol–water partition coefficient (Wildman–Crippen LogP) is 10.5. The molecule has 0 aliphatic carbocycles. The van der Waals surface area contributed by atoms with Crippen LogP contribution >= 0.6 is 0 Å². The normalized spacial score (nSPS) is 16.9. The monoisotopic (exact) mass is 575 g/mol. The largest absolute Gasteiger partial charge is 0.451 e. The minimum absolute atomic E-state index is 0.444. The van der Waals surface area contributed by atoms with E-state index in [2.05, 4.69) is 37.5 Å². The second-order valence-corrected chi connectivity index (χ2v) is 12.1. The maximum atomic E-state index is 6.61. The van der Waals surface area contributed by atoms with Crippen LogP contribution in [0.15, 0.2) is 24.3 Å². The molecule has 1 aromatic rings. The molecule has 1 aliphatic heterocycles. The molecule has 1 aliphatic rings. The Bertz CT molecular complexity index is 675. The Kier molecular flexibility index (Phi) is 21.2. The minimum atomic E-state index is -0.444. The summed E-state index contributed by atoms with van der Waals surface area (Å²) in [5.41, 5.74) is 0. The van der Waals surface area contributed by atoms with Gasteiger partial charge in [0.2, 0.25) is 0 Å². The molecule has 2 bridgehead atoms. The summed E-state index contributed by atoms with van der Waals surface area (Å²) >= 11 is 0. The summed E-state index contributed by atoms with van der Waals surface area (Å²) in [5.74, 6) is 1.62. The molecule has 5 heteroatoms. The smallest absolute Gasteiger partial charge is 0.266 e. The van der Waals surface area contributed by atoms with Crippen molar-refractivity contribution < 1.29 is 14.2 Å². The molecule has 0 saturated heterocycles. The first-order valence-electron chi connectivity index (χ1n) is 17.8. The van der Waals surface area contributed by atoms with Crippen LogP contribution < -0.4 is 9.47 Å². The Hall–Kier alpha value is -1.30. The quantitative estimate of drug-likeness (QED) is 0.103. The number of unbranched alkanes of at least 4 members (excludes halogenated alkanes) is 18. The molecule has 1 aromatic carbocycles. The summed E-state index contributed by atoms with van der Waals surface area (Å²) in [7, 11) is 0. The lowest BCUT2D eigenvalue weighted by Crippen LogP contribution is -2.51. The van der Waals surface area contributed by atoms with Crippen LogP contribution in [0.5, 0.6) is 11.5 Å². The average molecular weight is 575 g/mol. The molecule has 0 spiro atoms. The molecule has 0 amide bonds. The van der Waals surface area contributed by atoms with Crippen molar-refractivity contribution in [1.82, 2.24) is 9.80 Å². The molecule has 0 radical (unpaired) electrons. The fraction of sp³-hybridized carbons (Fsp3) is 0.833. The maximum absolute atomic E-state index is 6.61. The molecule has 0 saturated carbocycles. The van der Waals surface area contributed by atoms with Crippen LogP contribution in [0.25, 0.3) is 0 Å². The van der Waals surface area contributed by atoms with Gasteiger partial charge < -0.3 is 9.47 Å². The van der Waals surface area contributed by atoms with Crippen molar-refractivity contribution in [3.8, 4) is 11.5 Å². The van der Waals surface area contributed by atoms with Gasteiger partial charge in [0.05, 0.1) is 0 Å². The summed E-state index contributed by atoms with van der Waals surface area (Å²) in [5, 5.41) is 0. The van der Waals surface area contributed by atoms with Gasteiger partial charge in [0, 0.05) is 32.2 Å². The molecule has 1 heterocycles. The first-order chi connectivity index (χ1) is 20.2. The Morgan fingerprint density at radius 2 is 0.829 bits per heavy atom. The van der Waals surface area contributed by atoms with Gasteiger partial charge in [-0.25, -0.2) is 9.80 Å². The van der Waals surface area contributed by atoms with Crippen LogP contribution in [-0.4, -0.2) is 48.8 Å². The summed E-state index contributed by atoms with van der Waals surface area (Å²) in [6, 6.07) is 8.02. The van der Waals surface area contributed by atoms with Gasteiger partial charge in [-0.15, -0.1) is 0 Å². The number of benzene rings is 1. The molecule has 0 fully saturated rings. The zero-order valence-electron chi connectivity index (χ0n) is 27.6. The van der Waals surface area contributed by atoms with E-state index in [1.807, 2.05) is 24.3 Å². The molecule has 0 aromatic heterocycles. The van der Waals surface area contributed by atoms with Gasteiger partial charge in [0.1, 0.15) is 11.5 Å². The number of rotatable bonds is 26. The van der Waals surface area contributed by atoms with Gasteiger partial charge >= 0.3 is 0 Å². The van der Waals surface area contributed by atoms with Crippen LogP contribution in [-0.2, 0) is 4.74 Å². The lowest BCUT2D eigenvalue weighted by atomic mass is 10.1. The van der Waals surface area contributed by atoms with Crippen molar-refractivity contribution in [3.63, 3.8) is 0 Å². The molecule has 0 N–H and O–H groups in total. The van der Waals surface area contributed by atoms with E-state index < -0.39 is 12.8 Å². The standard InChI is InChI=1S/C36H66N2O3/c1-5-9-11-13-15-17-19-21-23-25-30-37(7-3)35-39-33-28-27-29-34(32-33)40-36(41-35)38(8-4)31-26-24-22-20-18-16-14-12-10-6-2/h27-29,32,35-36H,5-26,30-31H2,1-4H3. The van der Waals surface area contributed by atoms with E-state index in [1.165, 1.54) is 128 Å². The Morgan fingerprint density at radius 1 is 0.488 bits per heavy atom. The van der Waals surface area contributed by atoms with Crippen molar-refractivity contribution in [2.45, 2.75) is 169 Å². The Labute approximate surface area is 254 Å². The average Bonchev–Trinajstić information content (AvgIpc) is 2.98.